The van der Waals surface area contributed by atoms with Crippen LogP contribution in [-0.2, 0) is 12.7 Å². The van der Waals surface area contributed by atoms with Crippen molar-refractivity contribution >= 4 is 11.6 Å². The lowest BCUT2D eigenvalue weighted by atomic mass is 10.2. The molecule has 1 N–H and O–H groups in total. The molecule has 7 nitrogen and oxygen atoms in total. The molecule has 10 heteroatoms. The minimum atomic E-state index is -4.61. The first kappa shape index (κ1) is 21.2. The maximum atomic E-state index is 13.6. The van der Waals surface area contributed by atoms with Gasteiger partial charge in [0.2, 0.25) is 0 Å². The Morgan fingerprint density at radius 1 is 1.18 bits per heavy atom. The smallest absolute Gasteiger partial charge is 0.348 e. The average molecular weight is 454 g/mol. The van der Waals surface area contributed by atoms with E-state index in [0.717, 1.165) is 47.7 Å². The summed E-state index contributed by atoms with van der Waals surface area (Å²) in [4.78, 5) is 17.3. The molecule has 1 aliphatic rings. The number of rotatable bonds is 5. The van der Waals surface area contributed by atoms with Crippen LogP contribution < -0.4 is 5.32 Å². The highest BCUT2D eigenvalue weighted by Crippen LogP contribution is 2.41. The fourth-order valence-electron chi connectivity index (χ4n) is 3.95. The highest BCUT2D eigenvalue weighted by molar-refractivity contribution is 5.99. The third kappa shape index (κ3) is 3.85. The van der Waals surface area contributed by atoms with E-state index in [1.165, 1.54) is 0 Å². The Morgan fingerprint density at radius 3 is 2.58 bits per heavy atom. The Bertz CT molecular complexity index is 1350. The minimum absolute atomic E-state index is 0.00367. The largest absolute Gasteiger partial charge is 0.433 e. The molecule has 0 unspecified atom stereocenters. The van der Waals surface area contributed by atoms with E-state index in [1.807, 2.05) is 44.2 Å². The van der Waals surface area contributed by atoms with E-state index in [-0.39, 0.29) is 23.7 Å². The molecule has 3 heterocycles. The van der Waals surface area contributed by atoms with E-state index >= 15 is 0 Å². The molecule has 5 rings (SSSR count). The van der Waals surface area contributed by atoms with Gasteiger partial charge in [-0.05, 0) is 44.9 Å². The lowest BCUT2D eigenvalue weighted by Gasteiger charge is -2.11. The number of alkyl halides is 3. The van der Waals surface area contributed by atoms with E-state index in [2.05, 4.69) is 20.5 Å². The monoisotopic (exact) mass is 454 g/mol. The van der Waals surface area contributed by atoms with Crippen LogP contribution in [0.5, 0.6) is 0 Å². The predicted octanol–water partition coefficient (Wildman–Crippen LogP) is 4.36. The molecule has 1 aromatic carbocycles. The molecule has 1 saturated carbocycles. The van der Waals surface area contributed by atoms with Gasteiger partial charge in [-0.15, -0.1) is 0 Å². The summed E-state index contributed by atoms with van der Waals surface area (Å²) in [7, 11) is 0. The molecule has 3 aromatic heterocycles. The summed E-state index contributed by atoms with van der Waals surface area (Å²) in [6.45, 7) is 3.93. The summed E-state index contributed by atoms with van der Waals surface area (Å²) in [5.41, 5.74) is 2.70. The maximum absolute atomic E-state index is 13.6. The van der Waals surface area contributed by atoms with E-state index < -0.39 is 17.8 Å². The summed E-state index contributed by atoms with van der Waals surface area (Å²) in [5, 5.41) is 11.2. The molecule has 1 amide bonds. The molecule has 0 saturated heterocycles. The summed E-state index contributed by atoms with van der Waals surface area (Å²) in [6.07, 6.45) is -1.89. The van der Waals surface area contributed by atoms with E-state index in [4.69, 9.17) is 0 Å². The number of aryl methyl sites for hydroxylation is 1. The number of nitrogens with one attached hydrogen (secondary N) is 1. The van der Waals surface area contributed by atoms with E-state index in [9.17, 15) is 18.0 Å². The molecule has 170 valence electrons. The van der Waals surface area contributed by atoms with Gasteiger partial charge >= 0.3 is 6.18 Å². The van der Waals surface area contributed by atoms with Crippen molar-refractivity contribution in [3.05, 3.63) is 76.5 Å². The Labute approximate surface area is 187 Å². The van der Waals surface area contributed by atoms with E-state index in [0.29, 0.717) is 10.2 Å². The highest BCUT2D eigenvalue weighted by atomic mass is 19.4. The van der Waals surface area contributed by atoms with Crippen molar-refractivity contribution in [3.63, 3.8) is 0 Å². The van der Waals surface area contributed by atoms with Crippen LogP contribution in [0.3, 0.4) is 0 Å². The third-order valence-electron chi connectivity index (χ3n) is 5.89. The van der Waals surface area contributed by atoms with Crippen LogP contribution in [0.1, 0.15) is 57.5 Å². The van der Waals surface area contributed by atoms with Crippen LogP contribution in [0.4, 0.5) is 13.2 Å². The van der Waals surface area contributed by atoms with Crippen molar-refractivity contribution in [2.75, 3.05) is 0 Å². The Morgan fingerprint density at radius 2 is 1.91 bits per heavy atom. The van der Waals surface area contributed by atoms with Gasteiger partial charge in [0.15, 0.2) is 5.65 Å². The van der Waals surface area contributed by atoms with Gasteiger partial charge in [-0.25, -0.2) is 14.2 Å². The third-order valence-corrected chi connectivity index (χ3v) is 5.89. The molecule has 0 bridgehead atoms. The number of para-hydroxylation sites is 1. The van der Waals surface area contributed by atoms with Crippen molar-refractivity contribution in [3.8, 4) is 5.69 Å². The second-order valence-electron chi connectivity index (χ2n) is 8.21. The quantitative estimate of drug-likeness (QED) is 0.486. The van der Waals surface area contributed by atoms with Gasteiger partial charge in [-0.3, -0.25) is 4.79 Å². The lowest BCUT2D eigenvalue weighted by Crippen LogP contribution is -2.24. The number of nitrogens with zero attached hydrogens (tertiary/aromatic N) is 5. The fraction of sp³-hybridized carbons (Fsp3) is 0.304. The SMILES string of the molecule is Cc1nn(-c2ccccc2)c(C)c1CNC(=O)c1cnn2c(C(F)(F)F)cc(C3CC3)nc12. The van der Waals surface area contributed by atoms with Crippen LogP contribution >= 0.6 is 0 Å². The summed E-state index contributed by atoms with van der Waals surface area (Å²) in [6, 6.07) is 10.6. The first-order chi connectivity index (χ1) is 15.7. The Kier molecular flexibility index (Phi) is 4.95. The van der Waals surface area contributed by atoms with Gasteiger partial charge in [0.05, 0.1) is 17.6 Å². The highest BCUT2D eigenvalue weighted by Gasteiger charge is 2.38. The van der Waals surface area contributed by atoms with Gasteiger partial charge in [-0.1, -0.05) is 18.2 Å². The topological polar surface area (TPSA) is 77.1 Å². The zero-order valence-corrected chi connectivity index (χ0v) is 18.0. The van der Waals surface area contributed by atoms with Crippen LogP contribution in [0.25, 0.3) is 11.3 Å². The molecular formula is C23H21F3N6O. The predicted molar refractivity (Wildman–Crippen MR) is 114 cm³/mol. The average Bonchev–Trinajstić information content (AvgIpc) is 3.48. The maximum Gasteiger partial charge on any atom is 0.433 e. The molecule has 0 aliphatic heterocycles. The van der Waals surface area contributed by atoms with Gasteiger partial charge in [-0.2, -0.15) is 23.4 Å². The van der Waals surface area contributed by atoms with Gasteiger partial charge < -0.3 is 5.32 Å². The van der Waals surface area contributed by atoms with Crippen LogP contribution in [-0.4, -0.2) is 30.3 Å². The number of halogens is 3. The lowest BCUT2D eigenvalue weighted by molar-refractivity contribution is -0.142. The molecular weight excluding hydrogens is 433 g/mol. The van der Waals surface area contributed by atoms with Crippen molar-refractivity contribution < 1.29 is 18.0 Å². The number of fused-ring (bicyclic) bond motifs is 1. The zero-order valence-electron chi connectivity index (χ0n) is 18.0. The number of carbonyl (C=O) groups is 1. The number of hydrogen-bond acceptors (Lipinski definition) is 4. The summed E-state index contributed by atoms with van der Waals surface area (Å²) in [5.74, 6) is -0.541. The van der Waals surface area contributed by atoms with Crippen molar-refractivity contribution in [1.29, 1.82) is 0 Å². The van der Waals surface area contributed by atoms with Crippen molar-refractivity contribution in [2.24, 2.45) is 0 Å². The minimum Gasteiger partial charge on any atom is -0.348 e. The second-order valence-corrected chi connectivity index (χ2v) is 8.21. The summed E-state index contributed by atoms with van der Waals surface area (Å²) < 4.78 is 43.3. The number of amides is 1. The summed E-state index contributed by atoms with van der Waals surface area (Å²) >= 11 is 0. The van der Waals surface area contributed by atoms with Crippen LogP contribution in [0.15, 0.2) is 42.6 Å². The molecule has 0 atom stereocenters. The van der Waals surface area contributed by atoms with Crippen LogP contribution in [0.2, 0.25) is 0 Å². The molecule has 0 radical (unpaired) electrons. The molecule has 1 aliphatic carbocycles. The first-order valence-electron chi connectivity index (χ1n) is 10.6. The van der Waals surface area contributed by atoms with Crippen molar-refractivity contribution in [2.45, 2.75) is 45.3 Å². The molecule has 33 heavy (non-hydrogen) atoms. The number of hydrogen-bond donors (Lipinski definition) is 1. The Balaban J connectivity index is 1.44. The second kappa shape index (κ2) is 7.72. The van der Waals surface area contributed by atoms with E-state index in [1.54, 1.807) is 4.68 Å². The molecule has 1 fully saturated rings. The normalized spacial score (nSPS) is 14.1. The zero-order chi connectivity index (χ0) is 23.3. The Hall–Kier alpha value is -3.69. The van der Waals surface area contributed by atoms with Gasteiger partial charge in [0.25, 0.3) is 5.91 Å². The van der Waals surface area contributed by atoms with Crippen LogP contribution in [0, 0.1) is 13.8 Å². The number of carbonyl (C=O) groups excluding carboxylic acids is 1. The van der Waals surface area contributed by atoms with Gasteiger partial charge in [0.1, 0.15) is 11.3 Å². The fourth-order valence-corrected chi connectivity index (χ4v) is 3.95. The van der Waals surface area contributed by atoms with Gasteiger partial charge in [0, 0.05) is 29.4 Å². The molecule has 0 spiro atoms. The first-order valence-corrected chi connectivity index (χ1v) is 10.6. The number of aromatic nitrogens is 5. The molecule has 4 aromatic rings. The standard InChI is InChI=1S/C23H21F3N6O/c1-13-17(14(2)31(30-13)16-6-4-3-5-7-16)11-27-22(33)18-12-28-32-20(23(24,25)26)10-19(15-8-9-15)29-21(18)32/h3-7,10,12,15H,8-9,11H2,1-2H3,(H,27,33). The van der Waals surface area contributed by atoms with Crippen molar-refractivity contribution in [1.82, 2.24) is 29.7 Å². The number of benzene rings is 1.